The highest BCUT2D eigenvalue weighted by Gasteiger charge is 2.10. The van der Waals surface area contributed by atoms with Crippen molar-refractivity contribution >= 4 is 16.7 Å². The van der Waals surface area contributed by atoms with E-state index in [0.717, 1.165) is 22.9 Å². The third-order valence-electron chi connectivity index (χ3n) is 3.12. The van der Waals surface area contributed by atoms with E-state index in [4.69, 9.17) is 0 Å². The predicted octanol–water partition coefficient (Wildman–Crippen LogP) is 1.93. The number of amides is 1. The summed E-state index contributed by atoms with van der Waals surface area (Å²) in [7, 11) is 0. The molecule has 1 amide bonds. The van der Waals surface area contributed by atoms with E-state index in [9.17, 15) is 4.79 Å². The van der Waals surface area contributed by atoms with E-state index in [0.29, 0.717) is 12.2 Å². The second-order valence-corrected chi connectivity index (χ2v) is 4.46. The molecule has 0 spiro atoms. The number of pyridine rings is 1. The van der Waals surface area contributed by atoms with Gasteiger partial charge in [0.25, 0.3) is 5.91 Å². The molecule has 20 heavy (non-hydrogen) atoms. The molecule has 0 aliphatic carbocycles. The average molecular weight is 266 g/mol. The smallest absolute Gasteiger partial charge is 0.270 e. The van der Waals surface area contributed by atoms with Crippen LogP contribution in [0, 0.1) is 0 Å². The maximum atomic E-state index is 12.2. The molecule has 5 heteroatoms. The molecular weight excluding hydrogens is 252 g/mol. The molecule has 0 fully saturated rings. The summed E-state index contributed by atoms with van der Waals surface area (Å²) in [6.07, 6.45) is 5.76. The van der Waals surface area contributed by atoms with E-state index < -0.39 is 0 Å². The van der Waals surface area contributed by atoms with Gasteiger partial charge in [0.15, 0.2) is 0 Å². The Bertz CT molecular complexity index is 716. The van der Waals surface area contributed by atoms with Crippen LogP contribution in [0.15, 0.2) is 49.1 Å². The largest absolute Gasteiger partial charge is 0.350 e. The van der Waals surface area contributed by atoms with Gasteiger partial charge in [-0.3, -0.25) is 9.78 Å². The van der Waals surface area contributed by atoms with Gasteiger partial charge >= 0.3 is 0 Å². The number of benzene rings is 1. The first-order valence-electron chi connectivity index (χ1n) is 6.44. The number of nitrogens with one attached hydrogen (secondary N) is 2. The second kappa shape index (κ2) is 5.52. The third kappa shape index (κ3) is 2.51. The van der Waals surface area contributed by atoms with Crippen LogP contribution in [0.4, 0.5) is 0 Å². The van der Waals surface area contributed by atoms with Crippen LogP contribution in [0.2, 0.25) is 0 Å². The molecule has 1 aromatic carbocycles. The van der Waals surface area contributed by atoms with Gasteiger partial charge in [0.2, 0.25) is 0 Å². The fourth-order valence-corrected chi connectivity index (χ4v) is 2.12. The summed E-state index contributed by atoms with van der Waals surface area (Å²) in [4.78, 5) is 23.3. The second-order valence-electron chi connectivity index (χ2n) is 4.46. The molecule has 0 atom stereocenters. The zero-order valence-electron chi connectivity index (χ0n) is 10.8. The fraction of sp³-hybridized carbons (Fsp3) is 0.133. The van der Waals surface area contributed by atoms with Crippen molar-refractivity contribution in [3.05, 3.63) is 60.4 Å². The van der Waals surface area contributed by atoms with Gasteiger partial charge in [0, 0.05) is 36.4 Å². The minimum atomic E-state index is -0.152. The Labute approximate surface area is 116 Å². The van der Waals surface area contributed by atoms with Gasteiger partial charge in [-0.05, 0) is 11.5 Å². The molecule has 2 heterocycles. The molecule has 0 radical (unpaired) electrons. The van der Waals surface area contributed by atoms with Crippen LogP contribution in [0.5, 0.6) is 0 Å². The Kier molecular flexibility index (Phi) is 3.41. The molecule has 3 aromatic rings. The van der Waals surface area contributed by atoms with E-state index in [1.807, 2.05) is 30.3 Å². The Hall–Kier alpha value is -2.69. The summed E-state index contributed by atoms with van der Waals surface area (Å²) in [6, 6.07) is 9.63. The topological polar surface area (TPSA) is 70.7 Å². The standard InChI is InChI=1S/C15H14N4O/c20-15(18-8-6-12-9-16-10-19-12)14-13-4-2-1-3-11(13)5-7-17-14/h1-5,7,9-10H,6,8H2,(H,16,19)(H,18,20). The fourth-order valence-electron chi connectivity index (χ4n) is 2.12. The predicted molar refractivity (Wildman–Crippen MR) is 76.4 cm³/mol. The zero-order valence-corrected chi connectivity index (χ0v) is 10.8. The van der Waals surface area contributed by atoms with E-state index in [1.165, 1.54) is 0 Å². The maximum Gasteiger partial charge on any atom is 0.270 e. The number of imidazole rings is 1. The highest BCUT2D eigenvalue weighted by atomic mass is 16.1. The molecule has 0 aliphatic heterocycles. The van der Waals surface area contributed by atoms with Crippen molar-refractivity contribution < 1.29 is 4.79 Å². The Morgan fingerprint density at radius 1 is 1.25 bits per heavy atom. The van der Waals surface area contributed by atoms with E-state index in [2.05, 4.69) is 20.3 Å². The molecular formula is C15H14N4O. The summed E-state index contributed by atoms with van der Waals surface area (Å²) in [5, 5.41) is 4.76. The molecule has 5 nitrogen and oxygen atoms in total. The van der Waals surface area contributed by atoms with Crippen LogP contribution in [-0.2, 0) is 6.42 Å². The normalized spacial score (nSPS) is 10.6. The van der Waals surface area contributed by atoms with E-state index in [-0.39, 0.29) is 5.91 Å². The van der Waals surface area contributed by atoms with Crippen molar-refractivity contribution in [2.24, 2.45) is 0 Å². The first-order chi connectivity index (χ1) is 9.84. The van der Waals surface area contributed by atoms with E-state index >= 15 is 0 Å². The quantitative estimate of drug-likeness (QED) is 0.758. The first-order valence-corrected chi connectivity index (χ1v) is 6.44. The number of aromatic amines is 1. The van der Waals surface area contributed by atoms with Crippen LogP contribution in [0.25, 0.3) is 10.8 Å². The lowest BCUT2D eigenvalue weighted by atomic mass is 10.1. The molecule has 3 rings (SSSR count). The third-order valence-corrected chi connectivity index (χ3v) is 3.12. The number of carbonyl (C=O) groups excluding carboxylic acids is 1. The summed E-state index contributed by atoms with van der Waals surface area (Å²) in [6.45, 7) is 0.548. The van der Waals surface area contributed by atoms with Crippen LogP contribution in [-0.4, -0.2) is 27.4 Å². The van der Waals surface area contributed by atoms with Crippen molar-refractivity contribution in [1.82, 2.24) is 20.3 Å². The van der Waals surface area contributed by atoms with Gasteiger partial charge in [-0.15, -0.1) is 0 Å². The molecule has 100 valence electrons. The Balaban J connectivity index is 1.72. The van der Waals surface area contributed by atoms with Gasteiger partial charge in [-0.25, -0.2) is 4.98 Å². The van der Waals surface area contributed by atoms with E-state index in [1.54, 1.807) is 18.7 Å². The van der Waals surface area contributed by atoms with Gasteiger partial charge in [0.05, 0.1) is 6.33 Å². The molecule has 2 N–H and O–H groups in total. The van der Waals surface area contributed by atoms with Gasteiger partial charge in [-0.1, -0.05) is 24.3 Å². The zero-order chi connectivity index (χ0) is 13.8. The number of H-pyrrole nitrogens is 1. The number of nitrogens with zero attached hydrogens (tertiary/aromatic N) is 2. The first kappa shape index (κ1) is 12.3. The molecule has 0 aliphatic rings. The monoisotopic (exact) mass is 266 g/mol. The molecule has 0 unspecified atom stereocenters. The molecule has 2 aromatic heterocycles. The van der Waals surface area contributed by atoms with Crippen LogP contribution in [0.1, 0.15) is 16.2 Å². The van der Waals surface area contributed by atoms with Crippen molar-refractivity contribution in [2.45, 2.75) is 6.42 Å². The lowest BCUT2D eigenvalue weighted by Gasteiger charge is -2.06. The molecule has 0 saturated heterocycles. The summed E-state index contributed by atoms with van der Waals surface area (Å²) in [5.41, 5.74) is 1.46. The van der Waals surface area contributed by atoms with Crippen molar-refractivity contribution in [1.29, 1.82) is 0 Å². The van der Waals surface area contributed by atoms with Crippen molar-refractivity contribution in [2.75, 3.05) is 6.54 Å². The number of carbonyl (C=O) groups is 1. The number of aromatic nitrogens is 3. The van der Waals surface area contributed by atoms with Gasteiger partial charge < -0.3 is 10.3 Å². The van der Waals surface area contributed by atoms with Crippen LogP contribution < -0.4 is 5.32 Å². The number of hydrogen-bond donors (Lipinski definition) is 2. The van der Waals surface area contributed by atoms with Crippen LogP contribution in [0.3, 0.4) is 0 Å². The highest BCUT2D eigenvalue weighted by Crippen LogP contribution is 2.15. The highest BCUT2D eigenvalue weighted by molar-refractivity contribution is 6.05. The Morgan fingerprint density at radius 2 is 2.15 bits per heavy atom. The minimum absolute atomic E-state index is 0.152. The summed E-state index contributed by atoms with van der Waals surface area (Å²) < 4.78 is 0. The Morgan fingerprint density at radius 3 is 3.00 bits per heavy atom. The van der Waals surface area contributed by atoms with Gasteiger partial charge in [-0.2, -0.15) is 0 Å². The van der Waals surface area contributed by atoms with Gasteiger partial charge in [0.1, 0.15) is 5.69 Å². The summed E-state index contributed by atoms with van der Waals surface area (Å²) in [5.74, 6) is -0.152. The van der Waals surface area contributed by atoms with Crippen LogP contribution >= 0.6 is 0 Å². The minimum Gasteiger partial charge on any atom is -0.350 e. The number of fused-ring (bicyclic) bond motifs is 1. The lowest BCUT2D eigenvalue weighted by Crippen LogP contribution is -2.26. The number of rotatable bonds is 4. The maximum absolute atomic E-state index is 12.2. The number of hydrogen-bond acceptors (Lipinski definition) is 3. The van der Waals surface area contributed by atoms with Crippen molar-refractivity contribution in [3.8, 4) is 0 Å². The average Bonchev–Trinajstić information content (AvgIpc) is 3.00. The van der Waals surface area contributed by atoms with Crippen molar-refractivity contribution in [3.63, 3.8) is 0 Å². The molecule has 0 bridgehead atoms. The lowest BCUT2D eigenvalue weighted by molar-refractivity contribution is 0.0951. The molecule has 0 saturated carbocycles. The SMILES string of the molecule is O=C(NCCc1cnc[nH]1)c1nccc2ccccc12. The summed E-state index contributed by atoms with van der Waals surface area (Å²) >= 11 is 0.